The molecule has 3 rings (SSSR count). The van der Waals surface area contributed by atoms with Gasteiger partial charge in [-0.25, -0.2) is 8.78 Å². The molecule has 0 aliphatic rings. The number of aliphatic hydroxyl groups is 1. The Morgan fingerprint density at radius 2 is 1.35 bits per heavy atom. The number of halogens is 2. The zero-order valence-electron chi connectivity index (χ0n) is 10.6. The third-order valence-corrected chi connectivity index (χ3v) is 3.34. The highest BCUT2D eigenvalue weighted by Crippen LogP contribution is 2.26. The molecule has 0 amide bonds. The fourth-order valence-electron chi connectivity index (χ4n) is 2.25. The fourth-order valence-corrected chi connectivity index (χ4v) is 2.25. The van der Waals surface area contributed by atoms with Gasteiger partial charge in [-0.05, 0) is 51.7 Å². The van der Waals surface area contributed by atoms with Crippen molar-refractivity contribution >= 4 is 10.8 Å². The first kappa shape index (κ1) is 12.8. The third-order valence-electron chi connectivity index (χ3n) is 3.34. The van der Waals surface area contributed by atoms with Gasteiger partial charge in [0, 0.05) is 0 Å². The second-order valence-electron chi connectivity index (χ2n) is 4.68. The standard InChI is InChI=1S/C17H12F2O/c18-16-6-5-15(9-17(16)19)14-4-3-12-7-11(10-20)1-2-13(12)8-14/h1-9,20H,10H2. The van der Waals surface area contributed by atoms with Crippen LogP contribution in [0.4, 0.5) is 8.78 Å². The lowest BCUT2D eigenvalue weighted by molar-refractivity contribution is 0.282. The zero-order chi connectivity index (χ0) is 14.1. The van der Waals surface area contributed by atoms with Gasteiger partial charge in [-0.1, -0.05) is 30.3 Å². The Balaban J connectivity index is 2.10. The summed E-state index contributed by atoms with van der Waals surface area (Å²) in [5.41, 5.74) is 2.31. The van der Waals surface area contributed by atoms with Crippen molar-refractivity contribution in [2.24, 2.45) is 0 Å². The van der Waals surface area contributed by atoms with Crippen LogP contribution in [0.2, 0.25) is 0 Å². The highest BCUT2D eigenvalue weighted by molar-refractivity contribution is 5.87. The molecular formula is C17H12F2O. The largest absolute Gasteiger partial charge is 0.392 e. The smallest absolute Gasteiger partial charge is 0.159 e. The molecule has 0 unspecified atom stereocenters. The van der Waals surface area contributed by atoms with Gasteiger partial charge in [0.05, 0.1) is 6.61 Å². The van der Waals surface area contributed by atoms with Crippen LogP contribution in [-0.2, 0) is 6.61 Å². The van der Waals surface area contributed by atoms with Gasteiger partial charge < -0.3 is 5.11 Å². The van der Waals surface area contributed by atoms with Gasteiger partial charge in [0.1, 0.15) is 0 Å². The minimum Gasteiger partial charge on any atom is -0.392 e. The molecule has 0 aliphatic carbocycles. The number of hydrogen-bond donors (Lipinski definition) is 1. The van der Waals surface area contributed by atoms with Gasteiger partial charge in [0.25, 0.3) is 0 Å². The molecule has 1 nitrogen and oxygen atoms in total. The zero-order valence-corrected chi connectivity index (χ0v) is 10.6. The molecule has 0 atom stereocenters. The Labute approximate surface area is 115 Å². The molecule has 1 N–H and O–H groups in total. The molecule has 20 heavy (non-hydrogen) atoms. The maximum absolute atomic E-state index is 13.3. The average Bonchev–Trinajstić information content (AvgIpc) is 2.49. The molecule has 0 saturated carbocycles. The summed E-state index contributed by atoms with van der Waals surface area (Å²) in [6.45, 7) is 0.000858. The summed E-state index contributed by atoms with van der Waals surface area (Å²) in [4.78, 5) is 0. The molecule has 3 aromatic carbocycles. The number of rotatable bonds is 2. The predicted octanol–water partition coefficient (Wildman–Crippen LogP) is 4.28. The summed E-state index contributed by atoms with van der Waals surface area (Å²) in [6.07, 6.45) is 0. The van der Waals surface area contributed by atoms with Crippen LogP contribution in [-0.4, -0.2) is 5.11 Å². The van der Waals surface area contributed by atoms with Crippen LogP contribution in [0.15, 0.2) is 54.6 Å². The van der Waals surface area contributed by atoms with Crippen molar-refractivity contribution < 1.29 is 13.9 Å². The van der Waals surface area contributed by atoms with E-state index in [4.69, 9.17) is 5.11 Å². The van der Waals surface area contributed by atoms with E-state index in [-0.39, 0.29) is 6.61 Å². The first-order valence-electron chi connectivity index (χ1n) is 6.26. The van der Waals surface area contributed by atoms with Crippen LogP contribution >= 0.6 is 0 Å². The van der Waals surface area contributed by atoms with Crippen molar-refractivity contribution in [1.29, 1.82) is 0 Å². The molecule has 3 aromatic rings. The van der Waals surface area contributed by atoms with E-state index in [9.17, 15) is 8.78 Å². The van der Waals surface area contributed by atoms with Crippen molar-refractivity contribution in [2.75, 3.05) is 0 Å². The molecule has 0 bridgehead atoms. The highest BCUT2D eigenvalue weighted by atomic mass is 19.2. The van der Waals surface area contributed by atoms with E-state index in [0.717, 1.165) is 28.0 Å². The Hall–Kier alpha value is -2.26. The molecule has 0 aliphatic heterocycles. The normalized spacial score (nSPS) is 10.9. The van der Waals surface area contributed by atoms with E-state index in [1.54, 1.807) is 6.07 Å². The highest BCUT2D eigenvalue weighted by Gasteiger charge is 2.05. The van der Waals surface area contributed by atoms with Gasteiger partial charge in [0.15, 0.2) is 11.6 Å². The molecule has 0 aromatic heterocycles. The quantitative estimate of drug-likeness (QED) is 0.737. The van der Waals surface area contributed by atoms with Crippen LogP contribution in [0.1, 0.15) is 5.56 Å². The maximum atomic E-state index is 13.3. The van der Waals surface area contributed by atoms with Crippen LogP contribution < -0.4 is 0 Å². The van der Waals surface area contributed by atoms with Crippen molar-refractivity contribution in [3.05, 3.63) is 71.8 Å². The second-order valence-corrected chi connectivity index (χ2v) is 4.68. The lowest BCUT2D eigenvalue weighted by Gasteiger charge is -2.06. The topological polar surface area (TPSA) is 20.2 Å². The van der Waals surface area contributed by atoms with Gasteiger partial charge in [-0.15, -0.1) is 0 Å². The van der Waals surface area contributed by atoms with E-state index >= 15 is 0 Å². The SMILES string of the molecule is OCc1ccc2cc(-c3ccc(F)c(F)c3)ccc2c1. The van der Waals surface area contributed by atoms with E-state index in [1.807, 2.05) is 36.4 Å². The Morgan fingerprint density at radius 1 is 0.700 bits per heavy atom. The van der Waals surface area contributed by atoms with E-state index < -0.39 is 11.6 Å². The second kappa shape index (κ2) is 5.02. The van der Waals surface area contributed by atoms with Crippen LogP contribution in [0.5, 0.6) is 0 Å². The molecule has 0 radical (unpaired) electrons. The van der Waals surface area contributed by atoms with Crippen molar-refractivity contribution in [3.8, 4) is 11.1 Å². The molecule has 3 heteroatoms. The van der Waals surface area contributed by atoms with Gasteiger partial charge in [0.2, 0.25) is 0 Å². The van der Waals surface area contributed by atoms with Crippen LogP contribution in [0, 0.1) is 11.6 Å². The number of hydrogen-bond acceptors (Lipinski definition) is 1. The minimum atomic E-state index is -0.849. The maximum Gasteiger partial charge on any atom is 0.159 e. The summed E-state index contributed by atoms with van der Waals surface area (Å²) in [6, 6.07) is 15.2. The first-order chi connectivity index (χ1) is 9.67. The number of fused-ring (bicyclic) bond motifs is 1. The Morgan fingerprint density at radius 3 is 2.10 bits per heavy atom. The molecule has 0 heterocycles. The molecule has 100 valence electrons. The molecule has 0 fully saturated rings. The van der Waals surface area contributed by atoms with Crippen LogP contribution in [0.25, 0.3) is 21.9 Å². The van der Waals surface area contributed by atoms with Crippen molar-refractivity contribution in [3.63, 3.8) is 0 Å². The van der Waals surface area contributed by atoms with Gasteiger partial charge >= 0.3 is 0 Å². The monoisotopic (exact) mass is 270 g/mol. The average molecular weight is 270 g/mol. The summed E-state index contributed by atoms with van der Waals surface area (Å²) >= 11 is 0. The Kier molecular flexibility index (Phi) is 3.20. The van der Waals surface area contributed by atoms with Gasteiger partial charge in [-0.2, -0.15) is 0 Å². The summed E-state index contributed by atoms with van der Waals surface area (Å²) in [5.74, 6) is -1.69. The molecule has 0 spiro atoms. The predicted molar refractivity (Wildman–Crippen MR) is 75.2 cm³/mol. The van der Waals surface area contributed by atoms with E-state index in [2.05, 4.69) is 0 Å². The lowest BCUT2D eigenvalue weighted by atomic mass is 10.00. The minimum absolute atomic E-state index is 0.000858. The summed E-state index contributed by atoms with van der Waals surface area (Å²) < 4.78 is 26.2. The van der Waals surface area contributed by atoms with Crippen molar-refractivity contribution in [2.45, 2.75) is 6.61 Å². The van der Waals surface area contributed by atoms with Crippen LogP contribution in [0.3, 0.4) is 0 Å². The third kappa shape index (κ3) is 2.28. The Bertz CT molecular complexity index is 781. The lowest BCUT2D eigenvalue weighted by Crippen LogP contribution is -1.86. The summed E-state index contributed by atoms with van der Waals surface area (Å²) in [7, 11) is 0. The first-order valence-corrected chi connectivity index (χ1v) is 6.26. The van der Waals surface area contributed by atoms with E-state index in [1.165, 1.54) is 6.07 Å². The molecular weight excluding hydrogens is 258 g/mol. The molecule has 0 saturated heterocycles. The number of benzene rings is 3. The van der Waals surface area contributed by atoms with Crippen molar-refractivity contribution in [1.82, 2.24) is 0 Å². The summed E-state index contributed by atoms with van der Waals surface area (Å²) in [5, 5.41) is 11.1. The van der Waals surface area contributed by atoms with E-state index in [0.29, 0.717) is 5.56 Å². The number of aliphatic hydroxyl groups excluding tert-OH is 1. The fraction of sp³-hybridized carbons (Fsp3) is 0.0588. The van der Waals surface area contributed by atoms with Gasteiger partial charge in [-0.3, -0.25) is 0 Å².